The van der Waals surface area contributed by atoms with Gasteiger partial charge in [-0.25, -0.2) is 0 Å². The van der Waals surface area contributed by atoms with Crippen LogP contribution in [0, 0.1) is 23.7 Å². The van der Waals surface area contributed by atoms with Crippen LogP contribution in [0.1, 0.15) is 106 Å². The Morgan fingerprint density at radius 1 is 0.500 bits per heavy atom. The second-order valence-corrected chi connectivity index (χ2v) is 8.67. The standard InChI is InChI=1S/C21H44O/c1-17(2)9-7-11-19(5)13-15-21(22)16-14-20(6)12-8-10-18(3)4/h17-22H,7-16H2,1-6H3. The van der Waals surface area contributed by atoms with Gasteiger partial charge in [0.05, 0.1) is 6.10 Å². The quantitative estimate of drug-likeness (QED) is 0.372. The molecule has 0 aromatic carbocycles. The molecule has 0 aromatic rings. The zero-order valence-corrected chi connectivity index (χ0v) is 16.4. The van der Waals surface area contributed by atoms with Crippen molar-refractivity contribution in [1.29, 1.82) is 0 Å². The molecule has 0 amide bonds. The molecule has 0 heterocycles. The summed E-state index contributed by atoms with van der Waals surface area (Å²) in [6.07, 6.45) is 12.4. The average molecular weight is 313 g/mol. The van der Waals surface area contributed by atoms with E-state index in [1.165, 1.54) is 51.4 Å². The maximum absolute atomic E-state index is 10.2. The minimum atomic E-state index is -0.0694. The molecule has 0 aliphatic carbocycles. The highest BCUT2D eigenvalue weighted by Gasteiger charge is 2.11. The van der Waals surface area contributed by atoms with Crippen molar-refractivity contribution in [3.63, 3.8) is 0 Å². The lowest BCUT2D eigenvalue weighted by Crippen LogP contribution is -2.11. The second kappa shape index (κ2) is 13.4. The van der Waals surface area contributed by atoms with Gasteiger partial charge in [0.1, 0.15) is 0 Å². The molecular formula is C21H44O. The van der Waals surface area contributed by atoms with E-state index < -0.39 is 0 Å². The van der Waals surface area contributed by atoms with Gasteiger partial charge in [0.25, 0.3) is 0 Å². The lowest BCUT2D eigenvalue weighted by molar-refractivity contribution is 0.136. The Balaban J connectivity index is 3.57. The smallest absolute Gasteiger partial charge is 0.0540 e. The molecule has 134 valence electrons. The minimum Gasteiger partial charge on any atom is -0.393 e. The van der Waals surface area contributed by atoms with Crippen LogP contribution in [0.25, 0.3) is 0 Å². The Morgan fingerprint density at radius 2 is 0.864 bits per heavy atom. The zero-order valence-electron chi connectivity index (χ0n) is 16.4. The van der Waals surface area contributed by atoms with Crippen molar-refractivity contribution in [3.05, 3.63) is 0 Å². The van der Waals surface area contributed by atoms with Crippen LogP contribution in [-0.2, 0) is 0 Å². The van der Waals surface area contributed by atoms with Gasteiger partial charge in [-0.15, -0.1) is 0 Å². The first kappa shape index (κ1) is 22.0. The van der Waals surface area contributed by atoms with Crippen molar-refractivity contribution < 1.29 is 5.11 Å². The van der Waals surface area contributed by atoms with E-state index in [0.717, 1.165) is 36.5 Å². The lowest BCUT2D eigenvalue weighted by atomic mass is 9.91. The highest BCUT2D eigenvalue weighted by molar-refractivity contribution is 4.64. The van der Waals surface area contributed by atoms with Gasteiger partial charge >= 0.3 is 0 Å². The zero-order chi connectivity index (χ0) is 17.0. The number of hydrogen-bond donors (Lipinski definition) is 1. The summed E-state index contributed by atoms with van der Waals surface area (Å²) in [4.78, 5) is 0. The summed E-state index contributed by atoms with van der Waals surface area (Å²) in [5.74, 6) is 3.21. The minimum absolute atomic E-state index is 0.0694. The van der Waals surface area contributed by atoms with Crippen molar-refractivity contribution in [2.75, 3.05) is 0 Å². The van der Waals surface area contributed by atoms with Crippen LogP contribution < -0.4 is 0 Å². The molecule has 1 nitrogen and oxygen atoms in total. The summed E-state index contributed by atoms with van der Waals surface area (Å²) >= 11 is 0. The summed E-state index contributed by atoms with van der Waals surface area (Å²) in [6.45, 7) is 13.9. The Bertz CT molecular complexity index is 210. The van der Waals surface area contributed by atoms with Crippen molar-refractivity contribution in [2.24, 2.45) is 23.7 Å². The molecule has 0 rings (SSSR count). The van der Waals surface area contributed by atoms with Crippen molar-refractivity contribution in [3.8, 4) is 0 Å². The van der Waals surface area contributed by atoms with Gasteiger partial charge in [-0.2, -0.15) is 0 Å². The largest absolute Gasteiger partial charge is 0.393 e. The molecule has 0 fully saturated rings. The van der Waals surface area contributed by atoms with Gasteiger partial charge in [0.15, 0.2) is 0 Å². The first-order valence-electron chi connectivity index (χ1n) is 9.99. The summed E-state index contributed by atoms with van der Waals surface area (Å²) < 4.78 is 0. The second-order valence-electron chi connectivity index (χ2n) is 8.67. The van der Waals surface area contributed by atoms with Gasteiger partial charge in [-0.3, -0.25) is 0 Å². The third-order valence-electron chi connectivity index (χ3n) is 4.94. The van der Waals surface area contributed by atoms with Gasteiger partial charge in [-0.1, -0.05) is 80.1 Å². The average Bonchev–Trinajstić information content (AvgIpc) is 2.42. The van der Waals surface area contributed by atoms with Crippen molar-refractivity contribution in [2.45, 2.75) is 112 Å². The molecule has 0 radical (unpaired) electrons. The van der Waals surface area contributed by atoms with Crippen LogP contribution in [-0.4, -0.2) is 11.2 Å². The molecular weight excluding hydrogens is 268 g/mol. The van der Waals surface area contributed by atoms with E-state index in [1.54, 1.807) is 0 Å². The van der Waals surface area contributed by atoms with Gasteiger partial charge < -0.3 is 5.11 Å². The van der Waals surface area contributed by atoms with Crippen molar-refractivity contribution in [1.82, 2.24) is 0 Å². The highest BCUT2D eigenvalue weighted by atomic mass is 16.3. The van der Waals surface area contributed by atoms with E-state index in [-0.39, 0.29) is 6.10 Å². The molecule has 0 aliphatic rings. The first-order chi connectivity index (χ1) is 10.3. The Labute approximate surface area is 141 Å². The Kier molecular flexibility index (Phi) is 13.4. The molecule has 0 aliphatic heterocycles. The first-order valence-corrected chi connectivity index (χ1v) is 9.99. The molecule has 0 spiro atoms. The molecule has 2 unspecified atom stereocenters. The fraction of sp³-hybridized carbons (Fsp3) is 1.00. The molecule has 0 bridgehead atoms. The molecule has 1 heteroatoms. The van der Waals surface area contributed by atoms with Crippen LogP contribution >= 0.6 is 0 Å². The summed E-state index contributed by atoms with van der Waals surface area (Å²) in [6, 6.07) is 0. The molecule has 0 saturated carbocycles. The molecule has 22 heavy (non-hydrogen) atoms. The normalized spacial score (nSPS) is 16.2. The number of aliphatic hydroxyl groups excluding tert-OH is 1. The van der Waals surface area contributed by atoms with Crippen LogP contribution in [0.2, 0.25) is 0 Å². The summed E-state index contributed by atoms with van der Waals surface area (Å²) in [5.41, 5.74) is 0. The maximum Gasteiger partial charge on any atom is 0.0540 e. The van der Waals surface area contributed by atoms with Crippen LogP contribution in [0.5, 0.6) is 0 Å². The summed E-state index contributed by atoms with van der Waals surface area (Å²) in [7, 11) is 0. The third-order valence-corrected chi connectivity index (χ3v) is 4.94. The molecule has 0 aromatic heterocycles. The van der Waals surface area contributed by atoms with Crippen molar-refractivity contribution >= 4 is 0 Å². The van der Waals surface area contributed by atoms with E-state index in [0.29, 0.717) is 0 Å². The van der Waals surface area contributed by atoms with Gasteiger partial charge in [0.2, 0.25) is 0 Å². The lowest BCUT2D eigenvalue weighted by Gasteiger charge is -2.17. The van der Waals surface area contributed by atoms with Gasteiger partial charge in [0, 0.05) is 0 Å². The van der Waals surface area contributed by atoms with E-state index in [9.17, 15) is 5.11 Å². The van der Waals surface area contributed by atoms with E-state index in [1.807, 2.05) is 0 Å². The highest BCUT2D eigenvalue weighted by Crippen LogP contribution is 2.21. The third kappa shape index (κ3) is 14.9. The number of rotatable bonds is 14. The predicted molar refractivity (Wildman–Crippen MR) is 100 cm³/mol. The predicted octanol–water partition coefficient (Wildman–Crippen LogP) is 6.83. The van der Waals surface area contributed by atoms with Crippen LogP contribution in [0.3, 0.4) is 0 Å². The van der Waals surface area contributed by atoms with E-state index >= 15 is 0 Å². The van der Waals surface area contributed by atoms with Crippen LogP contribution in [0.15, 0.2) is 0 Å². The monoisotopic (exact) mass is 312 g/mol. The topological polar surface area (TPSA) is 20.2 Å². The number of hydrogen-bond acceptors (Lipinski definition) is 1. The Hall–Kier alpha value is -0.0400. The molecule has 2 atom stereocenters. The Morgan fingerprint density at radius 3 is 1.18 bits per heavy atom. The SMILES string of the molecule is CC(C)CCCC(C)CCC(O)CCC(C)CCCC(C)C. The van der Waals surface area contributed by atoms with E-state index in [2.05, 4.69) is 41.5 Å². The maximum atomic E-state index is 10.2. The fourth-order valence-corrected chi connectivity index (χ4v) is 3.14. The fourth-order valence-electron chi connectivity index (χ4n) is 3.14. The number of aliphatic hydroxyl groups is 1. The molecule has 0 saturated heterocycles. The van der Waals surface area contributed by atoms with Gasteiger partial charge in [-0.05, 0) is 49.4 Å². The van der Waals surface area contributed by atoms with Crippen LogP contribution in [0.4, 0.5) is 0 Å². The molecule has 1 N–H and O–H groups in total. The summed E-state index contributed by atoms with van der Waals surface area (Å²) in [5, 5.41) is 10.2. The van der Waals surface area contributed by atoms with E-state index in [4.69, 9.17) is 0 Å².